The maximum Gasteiger partial charge on any atom is 0.255 e. The van der Waals surface area contributed by atoms with Crippen molar-refractivity contribution in [3.63, 3.8) is 0 Å². The lowest BCUT2D eigenvalue weighted by Crippen LogP contribution is -2.51. The van der Waals surface area contributed by atoms with Crippen LogP contribution in [0, 0.1) is 13.8 Å². The van der Waals surface area contributed by atoms with Crippen LogP contribution in [-0.4, -0.2) is 54.8 Å². The molecule has 0 aliphatic carbocycles. The average molecular weight is 355 g/mol. The van der Waals surface area contributed by atoms with Crippen molar-refractivity contribution in [3.05, 3.63) is 59.0 Å². The van der Waals surface area contributed by atoms with Gasteiger partial charge in [0.25, 0.3) is 5.91 Å². The third-order valence-electron chi connectivity index (χ3n) is 4.77. The number of nitrogens with zero attached hydrogens (tertiary/aromatic N) is 2. The van der Waals surface area contributed by atoms with Crippen LogP contribution in [0.3, 0.4) is 0 Å². The molecule has 1 fully saturated rings. The predicted molar refractivity (Wildman–Crippen MR) is 98.9 cm³/mol. The maximum atomic E-state index is 12.8. The highest BCUT2D eigenvalue weighted by Crippen LogP contribution is 2.24. The van der Waals surface area contributed by atoms with Gasteiger partial charge in [-0.05, 0) is 32.5 Å². The van der Waals surface area contributed by atoms with Gasteiger partial charge in [0, 0.05) is 19.6 Å². The van der Waals surface area contributed by atoms with Crippen molar-refractivity contribution in [2.75, 3.05) is 33.2 Å². The van der Waals surface area contributed by atoms with E-state index >= 15 is 0 Å². The Morgan fingerprint density at radius 1 is 1.19 bits per heavy atom. The van der Waals surface area contributed by atoms with E-state index in [0.717, 1.165) is 18.7 Å². The second-order valence-electron chi connectivity index (χ2n) is 6.79. The van der Waals surface area contributed by atoms with Gasteiger partial charge in [-0.2, -0.15) is 0 Å². The van der Waals surface area contributed by atoms with Crippen LogP contribution < -0.4 is 5.32 Å². The number of hydrogen-bond acceptors (Lipinski definition) is 4. The van der Waals surface area contributed by atoms with Gasteiger partial charge in [0.15, 0.2) is 0 Å². The normalized spacial score (nSPS) is 18.0. The molecule has 6 nitrogen and oxygen atoms in total. The molecule has 1 aromatic heterocycles. The van der Waals surface area contributed by atoms with E-state index in [1.54, 1.807) is 19.9 Å². The lowest BCUT2D eigenvalue weighted by molar-refractivity contribution is -0.135. The highest BCUT2D eigenvalue weighted by molar-refractivity contribution is 5.97. The van der Waals surface area contributed by atoms with Gasteiger partial charge in [0.2, 0.25) is 5.91 Å². The highest BCUT2D eigenvalue weighted by atomic mass is 16.3. The number of furan rings is 1. The Morgan fingerprint density at radius 2 is 1.92 bits per heavy atom. The molecular formula is C20H25N3O3. The van der Waals surface area contributed by atoms with Crippen LogP contribution in [-0.2, 0) is 4.79 Å². The van der Waals surface area contributed by atoms with E-state index in [9.17, 15) is 9.59 Å². The van der Waals surface area contributed by atoms with E-state index in [1.165, 1.54) is 0 Å². The number of aryl methyl sites for hydroxylation is 2. The molecule has 1 unspecified atom stereocenters. The van der Waals surface area contributed by atoms with Gasteiger partial charge in [-0.3, -0.25) is 9.59 Å². The molecule has 1 atom stereocenters. The predicted octanol–water partition coefficient (Wildman–Crippen LogP) is 2.14. The van der Waals surface area contributed by atoms with Crippen LogP contribution in [0.1, 0.15) is 33.5 Å². The van der Waals surface area contributed by atoms with Gasteiger partial charge in [0.05, 0.1) is 18.2 Å². The van der Waals surface area contributed by atoms with Crippen LogP contribution in [0.5, 0.6) is 0 Å². The van der Waals surface area contributed by atoms with E-state index in [1.807, 2.05) is 35.2 Å². The van der Waals surface area contributed by atoms with Crippen LogP contribution >= 0.6 is 0 Å². The van der Waals surface area contributed by atoms with Crippen molar-refractivity contribution < 1.29 is 14.0 Å². The molecule has 2 amide bonds. The molecule has 0 spiro atoms. The summed E-state index contributed by atoms with van der Waals surface area (Å²) in [6.45, 7) is 5.77. The molecule has 26 heavy (non-hydrogen) atoms. The summed E-state index contributed by atoms with van der Waals surface area (Å²) in [6.07, 6.45) is 0. The standard InChI is InChI=1S/C20H25N3O3/c1-14-11-17(15(2)26-14)20(25)21-12-19(24)23-10-9-22(3)13-18(23)16-7-5-4-6-8-16/h4-8,11,18H,9-10,12-13H2,1-3H3,(H,21,25). The third kappa shape index (κ3) is 3.96. The van der Waals surface area contributed by atoms with Gasteiger partial charge in [-0.15, -0.1) is 0 Å². The Labute approximate surface area is 153 Å². The van der Waals surface area contributed by atoms with Crippen molar-refractivity contribution in [1.82, 2.24) is 15.1 Å². The Bertz CT molecular complexity index is 785. The minimum absolute atomic E-state index is 0.00254. The minimum atomic E-state index is -0.280. The molecule has 1 N–H and O–H groups in total. The van der Waals surface area contributed by atoms with Crippen molar-refractivity contribution in [2.24, 2.45) is 0 Å². The fraction of sp³-hybridized carbons (Fsp3) is 0.400. The average Bonchev–Trinajstić information content (AvgIpc) is 2.98. The number of likely N-dealkylation sites (N-methyl/N-ethyl adjacent to an activating group) is 1. The van der Waals surface area contributed by atoms with Crippen LogP contribution in [0.15, 0.2) is 40.8 Å². The Kier molecular flexibility index (Phi) is 5.42. The van der Waals surface area contributed by atoms with E-state index in [4.69, 9.17) is 4.42 Å². The van der Waals surface area contributed by atoms with Gasteiger partial charge in [0.1, 0.15) is 11.5 Å². The Hall–Kier alpha value is -2.60. The number of carbonyl (C=O) groups excluding carboxylic acids is 2. The summed E-state index contributed by atoms with van der Waals surface area (Å²) in [6, 6.07) is 11.7. The Balaban J connectivity index is 1.67. The fourth-order valence-electron chi connectivity index (χ4n) is 3.39. The summed E-state index contributed by atoms with van der Waals surface area (Å²) in [5.74, 6) is 0.896. The number of rotatable bonds is 4. The first kappa shape index (κ1) is 18.2. The molecule has 2 heterocycles. The van der Waals surface area contributed by atoms with E-state index in [0.29, 0.717) is 23.6 Å². The molecule has 0 saturated carbocycles. The molecule has 138 valence electrons. The first-order chi connectivity index (χ1) is 12.5. The van der Waals surface area contributed by atoms with E-state index < -0.39 is 0 Å². The zero-order chi connectivity index (χ0) is 18.7. The molecule has 1 aliphatic rings. The lowest BCUT2D eigenvalue weighted by Gasteiger charge is -2.40. The smallest absolute Gasteiger partial charge is 0.255 e. The summed E-state index contributed by atoms with van der Waals surface area (Å²) in [4.78, 5) is 29.2. The molecule has 0 radical (unpaired) electrons. The molecule has 0 bridgehead atoms. The number of nitrogens with one attached hydrogen (secondary N) is 1. The third-order valence-corrected chi connectivity index (χ3v) is 4.77. The number of carbonyl (C=O) groups is 2. The van der Waals surface area contributed by atoms with Gasteiger partial charge in [-0.25, -0.2) is 0 Å². The summed E-state index contributed by atoms with van der Waals surface area (Å²) >= 11 is 0. The lowest BCUT2D eigenvalue weighted by atomic mass is 10.0. The topological polar surface area (TPSA) is 65.8 Å². The largest absolute Gasteiger partial charge is 0.466 e. The number of piperazine rings is 1. The van der Waals surface area contributed by atoms with Crippen LogP contribution in [0.25, 0.3) is 0 Å². The van der Waals surface area contributed by atoms with Gasteiger partial charge < -0.3 is 19.5 Å². The van der Waals surface area contributed by atoms with Crippen molar-refractivity contribution in [3.8, 4) is 0 Å². The first-order valence-corrected chi connectivity index (χ1v) is 8.84. The first-order valence-electron chi connectivity index (χ1n) is 8.84. The fourth-order valence-corrected chi connectivity index (χ4v) is 3.39. The van der Waals surface area contributed by atoms with Crippen molar-refractivity contribution in [2.45, 2.75) is 19.9 Å². The minimum Gasteiger partial charge on any atom is -0.466 e. The maximum absolute atomic E-state index is 12.8. The molecular weight excluding hydrogens is 330 g/mol. The van der Waals surface area contributed by atoms with Crippen molar-refractivity contribution in [1.29, 1.82) is 0 Å². The van der Waals surface area contributed by atoms with E-state index in [2.05, 4.69) is 17.3 Å². The molecule has 1 aliphatic heterocycles. The summed E-state index contributed by atoms with van der Waals surface area (Å²) < 4.78 is 5.38. The molecule has 6 heteroatoms. The second-order valence-corrected chi connectivity index (χ2v) is 6.79. The summed E-state index contributed by atoms with van der Waals surface area (Å²) in [5, 5.41) is 2.73. The molecule has 1 saturated heterocycles. The quantitative estimate of drug-likeness (QED) is 0.913. The number of hydrogen-bond donors (Lipinski definition) is 1. The van der Waals surface area contributed by atoms with E-state index in [-0.39, 0.29) is 24.4 Å². The molecule has 3 rings (SSSR count). The van der Waals surface area contributed by atoms with Gasteiger partial charge in [-0.1, -0.05) is 30.3 Å². The summed E-state index contributed by atoms with van der Waals surface area (Å²) in [5.41, 5.74) is 1.59. The SMILES string of the molecule is Cc1cc(C(=O)NCC(=O)N2CCN(C)CC2c2ccccc2)c(C)o1. The van der Waals surface area contributed by atoms with Crippen LogP contribution in [0.4, 0.5) is 0 Å². The zero-order valence-corrected chi connectivity index (χ0v) is 15.5. The van der Waals surface area contributed by atoms with Crippen molar-refractivity contribution >= 4 is 11.8 Å². The molecule has 2 aromatic rings. The molecule has 1 aromatic carbocycles. The van der Waals surface area contributed by atoms with Gasteiger partial charge >= 0.3 is 0 Å². The highest BCUT2D eigenvalue weighted by Gasteiger charge is 2.30. The zero-order valence-electron chi connectivity index (χ0n) is 15.5. The summed E-state index contributed by atoms with van der Waals surface area (Å²) in [7, 11) is 2.06. The number of benzene rings is 1. The van der Waals surface area contributed by atoms with Crippen LogP contribution in [0.2, 0.25) is 0 Å². The number of amides is 2. The second kappa shape index (κ2) is 7.74. The Morgan fingerprint density at radius 3 is 2.58 bits per heavy atom. The monoisotopic (exact) mass is 355 g/mol.